The van der Waals surface area contributed by atoms with Crippen LogP contribution in [0.1, 0.15) is 33.1 Å². The summed E-state index contributed by atoms with van der Waals surface area (Å²) in [5.41, 5.74) is 0. The molecule has 0 amide bonds. The van der Waals surface area contributed by atoms with E-state index in [1.165, 1.54) is 0 Å². The molecule has 0 spiro atoms. The van der Waals surface area contributed by atoms with Crippen molar-refractivity contribution in [2.45, 2.75) is 45.5 Å². The van der Waals surface area contributed by atoms with Crippen LogP contribution >= 0.6 is 11.8 Å². The Morgan fingerprint density at radius 3 is 2.38 bits per heavy atom. The number of carbonyl (C=O) groups is 1. The van der Waals surface area contributed by atoms with E-state index in [4.69, 9.17) is 0 Å². The fraction of sp³-hybridized carbons (Fsp3) is 0.889. The zero-order chi connectivity index (χ0) is 10.3. The smallest absolute Gasteiger partial charge is 0.188 e. The Labute approximate surface area is 82.3 Å². The van der Waals surface area contributed by atoms with E-state index in [0.717, 1.165) is 11.8 Å². The number of thioether (sulfide) groups is 1. The predicted octanol–water partition coefficient (Wildman–Crippen LogP) is 3.13. The second kappa shape index (κ2) is 7.30. The van der Waals surface area contributed by atoms with Gasteiger partial charge >= 0.3 is 0 Å². The van der Waals surface area contributed by atoms with Crippen LogP contribution in [-0.4, -0.2) is 23.2 Å². The fourth-order valence-electron chi connectivity index (χ4n) is 0.824. The van der Waals surface area contributed by atoms with Gasteiger partial charge in [-0.2, -0.15) is 0 Å². The zero-order valence-electron chi connectivity index (χ0n) is 8.06. The third kappa shape index (κ3) is 6.02. The van der Waals surface area contributed by atoms with Crippen molar-refractivity contribution in [2.75, 3.05) is 5.75 Å². The highest BCUT2D eigenvalue weighted by atomic mass is 32.2. The molecule has 0 heterocycles. The van der Waals surface area contributed by atoms with E-state index in [1.807, 2.05) is 0 Å². The Balaban J connectivity index is 3.47. The van der Waals surface area contributed by atoms with Crippen molar-refractivity contribution in [3.05, 3.63) is 0 Å². The Morgan fingerprint density at radius 1 is 1.31 bits per heavy atom. The first-order chi connectivity index (χ1) is 6.11. The molecule has 0 aromatic heterocycles. The Hall–Kier alpha value is -0.120. The standard InChI is InChI=1S/C9H16F2OS/c1-3-7(10)8(11)5-6-13-9(12)4-2/h7-8H,3-6H2,1-2H3. The van der Waals surface area contributed by atoms with Crippen molar-refractivity contribution in [2.24, 2.45) is 0 Å². The molecule has 4 heteroatoms. The second-order valence-electron chi connectivity index (χ2n) is 2.80. The molecule has 0 rings (SSSR count). The zero-order valence-corrected chi connectivity index (χ0v) is 8.87. The first-order valence-corrected chi connectivity index (χ1v) is 5.54. The number of rotatable bonds is 6. The monoisotopic (exact) mass is 210 g/mol. The van der Waals surface area contributed by atoms with E-state index >= 15 is 0 Å². The number of hydrogen-bond acceptors (Lipinski definition) is 2. The van der Waals surface area contributed by atoms with Crippen LogP contribution in [0.15, 0.2) is 0 Å². The second-order valence-corrected chi connectivity index (χ2v) is 3.96. The summed E-state index contributed by atoms with van der Waals surface area (Å²) < 4.78 is 25.5. The van der Waals surface area contributed by atoms with E-state index in [1.54, 1.807) is 13.8 Å². The minimum Gasteiger partial charge on any atom is -0.287 e. The molecule has 0 saturated carbocycles. The average molecular weight is 210 g/mol. The average Bonchev–Trinajstić information content (AvgIpc) is 2.15. The van der Waals surface area contributed by atoms with Crippen LogP contribution in [0.25, 0.3) is 0 Å². The molecule has 0 radical (unpaired) electrons. The lowest BCUT2D eigenvalue weighted by atomic mass is 10.1. The highest BCUT2D eigenvalue weighted by Crippen LogP contribution is 2.15. The minimum atomic E-state index is -1.41. The number of carbonyl (C=O) groups excluding carboxylic acids is 1. The molecular weight excluding hydrogens is 194 g/mol. The van der Waals surface area contributed by atoms with Crippen LogP contribution in [0.2, 0.25) is 0 Å². The first-order valence-electron chi connectivity index (χ1n) is 4.55. The summed E-state index contributed by atoms with van der Waals surface area (Å²) in [7, 11) is 0. The molecule has 2 atom stereocenters. The maximum Gasteiger partial charge on any atom is 0.188 e. The van der Waals surface area contributed by atoms with Crippen LogP contribution in [0, 0.1) is 0 Å². The van der Waals surface area contributed by atoms with Gasteiger partial charge in [-0.05, 0) is 12.8 Å². The SMILES string of the molecule is CCC(=O)SCCC(F)C(F)CC. The summed E-state index contributed by atoms with van der Waals surface area (Å²) in [5, 5.41) is 0.0408. The summed E-state index contributed by atoms with van der Waals surface area (Å²) in [6.45, 7) is 3.37. The molecule has 0 fully saturated rings. The molecule has 1 nitrogen and oxygen atoms in total. The van der Waals surface area contributed by atoms with Crippen LogP contribution in [0.3, 0.4) is 0 Å². The third-order valence-corrected chi connectivity index (χ3v) is 2.78. The van der Waals surface area contributed by atoms with Gasteiger partial charge in [0.15, 0.2) is 5.12 Å². The molecule has 0 aliphatic rings. The van der Waals surface area contributed by atoms with E-state index in [-0.39, 0.29) is 18.0 Å². The molecule has 0 aromatic carbocycles. The van der Waals surface area contributed by atoms with Gasteiger partial charge in [0.05, 0.1) is 0 Å². The molecule has 2 unspecified atom stereocenters. The highest BCUT2D eigenvalue weighted by molar-refractivity contribution is 8.13. The normalized spacial score (nSPS) is 15.4. The fourth-order valence-corrected chi connectivity index (χ4v) is 1.60. The van der Waals surface area contributed by atoms with Crippen molar-refractivity contribution < 1.29 is 13.6 Å². The van der Waals surface area contributed by atoms with Gasteiger partial charge in [-0.1, -0.05) is 25.6 Å². The van der Waals surface area contributed by atoms with E-state index in [2.05, 4.69) is 0 Å². The van der Waals surface area contributed by atoms with Gasteiger partial charge in [0, 0.05) is 12.2 Å². The number of halogens is 2. The van der Waals surface area contributed by atoms with Crippen molar-refractivity contribution in [1.29, 1.82) is 0 Å². The predicted molar refractivity (Wildman–Crippen MR) is 52.5 cm³/mol. The maximum absolute atomic E-state index is 12.9. The molecule has 0 N–H and O–H groups in total. The van der Waals surface area contributed by atoms with Crippen molar-refractivity contribution >= 4 is 16.9 Å². The Bertz CT molecular complexity index is 153. The third-order valence-electron chi connectivity index (χ3n) is 1.73. The topological polar surface area (TPSA) is 17.1 Å². The molecule has 0 bridgehead atoms. The molecule has 0 aliphatic heterocycles. The van der Waals surface area contributed by atoms with Gasteiger partial charge in [-0.3, -0.25) is 4.79 Å². The van der Waals surface area contributed by atoms with Gasteiger partial charge < -0.3 is 0 Å². The van der Waals surface area contributed by atoms with Crippen LogP contribution in [-0.2, 0) is 4.79 Å². The lowest BCUT2D eigenvalue weighted by Gasteiger charge is -2.10. The number of alkyl halides is 2. The highest BCUT2D eigenvalue weighted by Gasteiger charge is 2.17. The summed E-state index contributed by atoms with van der Waals surface area (Å²) in [6.07, 6.45) is -2.01. The van der Waals surface area contributed by atoms with Gasteiger partial charge in [-0.15, -0.1) is 0 Å². The lowest BCUT2D eigenvalue weighted by molar-refractivity contribution is -0.110. The van der Waals surface area contributed by atoms with Crippen LogP contribution in [0.4, 0.5) is 8.78 Å². The minimum absolute atomic E-state index is 0.0408. The Kier molecular flexibility index (Phi) is 7.23. The van der Waals surface area contributed by atoms with Crippen molar-refractivity contribution in [3.63, 3.8) is 0 Å². The Morgan fingerprint density at radius 2 is 1.92 bits per heavy atom. The van der Waals surface area contributed by atoms with E-state index < -0.39 is 12.3 Å². The van der Waals surface area contributed by atoms with Crippen molar-refractivity contribution in [3.8, 4) is 0 Å². The molecule has 78 valence electrons. The van der Waals surface area contributed by atoms with Gasteiger partial charge in [0.2, 0.25) is 0 Å². The maximum atomic E-state index is 12.9. The summed E-state index contributed by atoms with van der Waals surface area (Å²) in [5.74, 6) is 0.383. The van der Waals surface area contributed by atoms with Gasteiger partial charge in [0.25, 0.3) is 0 Å². The van der Waals surface area contributed by atoms with Crippen LogP contribution in [0.5, 0.6) is 0 Å². The quantitative estimate of drug-likeness (QED) is 0.670. The summed E-state index contributed by atoms with van der Waals surface area (Å²) in [6, 6.07) is 0. The lowest BCUT2D eigenvalue weighted by Crippen LogP contribution is -2.17. The van der Waals surface area contributed by atoms with E-state index in [0.29, 0.717) is 12.2 Å². The van der Waals surface area contributed by atoms with Crippen molar-refractivity contribution in [1.82, 2.24) is 0 Å². The summed E-state index contributed by atoms with van der Waals surface area (Å²) in [4.78, 5) is 10.8. The molecule has 0 saturated heterocycles. The van der Waals surface area contributed by atoms with E-state index in [9.17, 15) is 13.6 Å². The first kappa shape index (κ1) is 12.9. The van der Waals surface area contributed by atoms with Gasteiger partial charge in [-0.25, -0.2) is 8.78 Å². The molecule has 0 aromatic rings. The number of hydrogen-bond donors (Lipinski definition) is 0. The molecule has 0 aliphatic carbocycles. The molecule has 13 heavy (non-hydrogen) atoms. The summed E-state index contributed by atoms with van der Waals surface area (Å²) >= 11 is 1.09. The largest absolute Gasteiger partial charge is 0.287 e. The molecular formula is C9H16F2OS. The van der Waals surface area contributed by atoms with Gasteiger partial charge in [0.1, 0.15) is 12.3 Å². The van der Waals surface area contributed by atoms with Crippen LogP contribution < -0.4 is 0 Å².